The van der Waals surface area contributed by atoms with Crippen LogP contribution in [0, 0.1) is 13.8 Å². The highest BCUT2D eigenvalue weighted by Gasteiger charge is 2.12. The summed E-state index contributed by atoms with van der Waals surface area (Å²) in [6.45, 7) is 11.8. The SMILES string of the molecule is CCCCC(C)Nc1c(C)nn(CC)c1C. The average Bonchev–Trinajstić information content (AvgIpc) is 2.53. The zero-order chi connectivity index (χ0) is 12.1. The predicted octanol–water partition coefficient (Wildman–Crippen LogP) is 3.51. The third kappa shape index (κ3) is 3.00. The maximum Gasteiger partial charge on any atom is 0.0828 e. The first kappa shape index (κ1) is 13.1. The minimum absolute atomic E-state index is 0.534. The average molecular weight is 223 g/mol. The van der Waals surface area contributed by atoms with E-state index < -0.39 is 0 Å². The maximum absolute atomic E-state index is 4.52. The van der Waals surface area contributed by atoms with E-state index in [0.29, 0.717) is 6.04 Å². The molecule has 1 rings (SSSR count). The molecule has 0 fully saturated rings. The lowest BCUT2D eigenvalue weighted by Gasteiger charge is -2.15. The number of aromatic nitrogens is 2. The first-order chi connectivity index (χ1) is 7.60. The monoisotopic (exact) mass is 223 g/mol. The molecule has 0 spiro atoms. The molecule has 0 bridgehead atoms. The Hall–Kier alpha value is -0.990. The smallest absolute Gasteiger partial charge is 0.0828 e. The van der Waals surface area contributed by atoms with E-state index in [0.717, 1.165) is 12.2 Å². The zero-order valence-electron chi connectivity index (χ0n) is 11.3. The second-order valence-electron chi connectivity index (χ2n) is 4.55. The third-order valence-corrected chi connectivity index (χ3v) is 3.06. The molecule has 1 atom stereocenters. The van der Waals surface area contributed by atoms with Gasteiger partial charge in [-0.05, 0) is 34.1 Å². The van der Waals surface area contributed by atoms with Gasteiger partial charge in [-0.25, -0.2) is 0 Å². The highest BCUT2D eigenvalue weighted by molar-refractivity contribution is 5.52. The zero-order valence-corrected chi connectivity index (χ0v) is 11.3. The molecule has 0 aromatic carbocycles. The van der Waals surface area contributed by atoms with Crippen LogP contribution in [0.5, 0.6) is 0 Å². The van der Waals surface area contributed by atoms with Gasteiger partial charge in [0.2, 0.25) is 0 Å². The van der Waals surface area contributed by atoms with Gasteiger partial charge in [0.05, 0.1) is 17.1 Å². The molecule has 1 unspecified atom stereocenters. The third-order valence-electron chi connectivity index (χ3n) is 3.06. The number of hydrogen-bond acceptors (Lipinski definition) is 2. The van der Waals surface area contributed by atoms with Crippen molar-refractivity contribution in [2.75, 3.05) is 5.32 Å². The van der Waals surface area contributed by atoms with Gasteiger partial charge in [0, 0.05) is 12.6 Å². The molecule has 3 heteroatoms. The quantitative estimate of drug-likeness (QED) is 0.799. The molecule has 0 radical (unpaired) electrons. The van der Waals surface area contributed by atoms with Crippen molar-refractivity contribution >= 4 is 5.69 Å². The van der Waals surface area contributed by atoms with Crippen LogP contribution in [0.4, 0.5) is 5.69 Å². The summed E-state index contributed by atoms with van der Waals surface area (Å²) in [5.74, 6) is 0. The molecule has 92 valence electrons. The molecular weight excluding hydrogens is 198 g/mol. The molecule has 0 aliphatic carbocycles. The molecule has 16 heavy (non-hydrogen) atoms. The summed E-state index contributed by atoms with van der Waals surface area (Å²) in [6.07, 6.45) is 3.78. The Labute approximate surface area is 99.2 Å². The lowest BCUT2D eigenvalue weighted by Crippen LogP contribution is -2.16. The molecule has 0 aliphatic rings. The van der Waals surface area contributed by atoms with E-state index in [4.69, 9.17) is 0 Å². The highest BCUT2D eigenvalue weighted by atomic mass is 15.3. The van der Waals surface area contributed by atoms with Gasteiger partial charge in [0.1, 0.15) is 0 Å². The highest BCUT2D eigenvalue weighted by Crippen LogP contribution is 2.21. The number of nitrogens with zero attached hydrogens (tertiary/aromatic N) is 2. The minimum atomic E-state index is 0.534. The number of aryl methyl sites for hydroxylation is 2. The molecule has 0 aliphatic heterocycles. The Bertz CT molecular complexity index is 328. The molecular formula is C13H25N3. The lowest BCUT2D eigenvalue weighted by atomic mass is 10.1. The molecule has 0 saturated carbocycles. The van der Waals surface area contributed by atoms with Crippen molar-refractivity contribution in [3.05, 3.63) is 11.4 Å². The van der Waals surface area contributed by atoms with Crippen molar-refractivity contribution in [2.45, 2.75) is 66.5 Å². The topological polar surface area (TPSA) is 29.9 Å². The number of unbranched alkanes of at least 4 members (excludes halogenated alkanes) is 1. The number of nitrogens with one attached hydrogen (secondary N) is 1. The fourth-order valence-corrected chi connectivity index (χ4v) is 2.04. The van der Waals surface area contributed by atoms with Gasteiger partial charge in [0.15, 0.2) is 0 Å². The van der Waals surface area contributed by atoms with Gasteiger partial charge in [-0.15, -0.1) is 0 Å². The number of hydrogen-bond donors (Lipinski definition) is 1. The van der Waals surface area contributed by atoms with Gasteiger partial charge < -0.3 is 5.32 Å². The predicted molar refractivity (Wildman–Crippen MR) is 70.0 cm³/mol. The van der Waals surface area contributed by atoms with Crippen molar-refractivity contribution in [3.8, 4) is 0 Å². The fraction of sp³-hybridized carbons (Fsp3) is 0.769. The van der Waals surface area contributed by atoms with E-state index in [1.165, 1.54) is 30.6 Å². The molecule has 3 nitrogen and oxygen atoms in total. The molecule has 0 amide bonds. The first-order valence-corrected chi connectivity index (χ1v) is 6.40. The van der Waals surface area contributed by atoms with Gasteiger partial charge in [0.25, 0.3) is 0 Å². The van der Waals surface area contributed by atoms with E-state index in [2.05, 4.69) is 49.7 Å². The van der Waals surface area contributed by atoms with Crippen molar-refractivity contribution in [1.29, 1.82) is 0 Å². The summed E-state index contributed by atoms with van der Waals surface area (Å²) in [7, 11) is 0. The van der Waals surface area contributed by atoms with Crippen molar-refractivity contribution in [3.63, 3.8) is 0 Å². The molecule has 1 aromatic rings. The molecule has 1 N–H and O–H groups in total. The van der Waals surface area contributed by atoms with Crippen LogP contribution < -0.4 is 5.32 Å². The number of anilines is 1. The summed E-state index contributed by atoms with van der Waals surface area (Å²) in [5, 5.41) is 8.10. The summed E-state index contributed by atoms with van der Waals surface area (Å²) in [6, 6.07) is 0.534. The van der Waals surface area contributed by atoms with Gasteiger partial charge in [-0.3, -0.25) is 4.68 Å². The first-order valence-electron chi connectivity index (χ1n) is 6.40. The van der Waals surface area contributed by atoms with E-state index in [-0.39, 0.29) is 0 Å². The van der Waals surface area contributed by atoms with Crippen LogP contribution in [-0.2, 0) is 6.54 Å². The van der Waals surface area contributed by atoms with E-state index in [1.54, 1.807) is 0 Å². The van der Waals surface area contributed by atoms with E-state index in [1.807, 2.05) is 0 Å². The summed E-state index contributed by atoms with van der Waals surface area (Å²) in [4.78, 5) is 0. The van der Waals surface area contributed by atoms with E-state index in [9.17, 15) is 0 Å². The molecule has 0 saturated heterocycles. The minimum Gasteiger partial charge on any atom is -0.380 e. The Kier molecular flexibility index (Phi) is 4.84. The Morgan fingerprint density at radius 2 is 2.00 bits per heavy atom. The van der Waals surface area contributed by atoms with Gasteiger partial charge >= 0.3 is 0 Å². The van der Waals surface area contributed by atoms with Crippen LogP contribution in [0.2, 0.25) is 0 Å². The van der Waals surface area contributed by atoms with Crippen LogP contribution in [0.25, 0.3) is 0 Å². The van der Waals surface area contributed by atoms with Crippen LogP contribution in [0.1, 0.15) is 51.4 Å². The van der Waals surface area contributed by atoms with E-state index >= 15 is 0 Å². The summed E-state index contributed by atoms with van der Waals surface area (Å²) in [5.41, 5.74) is 3.59. The number of rotatable bonds is 6. The Morgan fingerprint density at radius 1 is 1.31 bits per heavy atom. The standard InChI is InChI=1S/C13H25N3/c1-6-8-9-10(3)14-13-11(4)15-16(7-2)12(13)5/h10,14H,6-9H2,1-5H3. The Balaban J connectivity index is 2.69. The van der Waals surface area contributed by atoms with Crippen LogP contribution >= 0.6 is 0 Å². The summed E-state index contributed by atoms with van der Waals surface area (Å²) >= 11 is 0. The largest absolute Gasteiger partial charge is 0.380 e. The molecule has 1 aromatic heterocycles. The van der Waals surface area contributed by atoms with Crippen LogP contribution in [0.3, 0.4) is 0 Å². The lowest BCUT2D eigenvalue weighted by molar-refractivity contribution is 0.632. The second kappa shape index (κ2) is 5.92. The maximum atomic E-state index is 4.52. The van der Waals surface area contributed by atoms with Crippen LogP contribution in [-0.4, -0.2) is 15.8 Å². The van der Waals surface area contributed by atoms with Crippen LogP contribution in [0.15, 0.2) is 0 Å². The second-order valence-corrected chi connectivity index (χ2v) is 4.55. The summed E-state index contributed by atoms with van der Waals surface area (Å²) < 4.78 is 2.06. The molecule has 1 heterocycles. The van der Waals surface area contributed by atoms with Gasteiger partial charge in [-0.2, -0.15) is 5.10 Å². The normalized spacial score (nSPS) is 12.8. The Morgan fingerprint density at radius 3 is 2.50 bits per heavy atom. The van der Waals surface area contributed by atoms with Crippen molar-refractivity contribution in [2.24, 2.45) is 0 Å². The van der Waals surface area contributed by atoms with Gasteiger partial charge in [-0.1, -0.05) is 19.8 Å². The fourth-order valence-electron chi connectivity index (χ4n) is 2.04. The van der Waals surface area contributed by atoms with Crippen molar-refractivity contribution < 1.29 is 0 Å². The van der Waals surface area contributed by atoms with Crippen molar-refractivity contribution in [1.82, 2.24) is 9.78 Å².